The largest absolute Gasteiger partial charge is 0.478 e. The lowest BCUT2D eigenvalue weighted by molar-refractivity contribution is -0.137. The van der Waals surface area contributed by atoms with Gasteiger partial charge in [-0.3, -0.25) is 4.79 Å². The van der Waals surface area contributed by atoms with Crippen LogP contribution in [-0.2, 0) is 9.53 Å². The first kappa shape index (κ1) is 19.5. The van der Waals surface area contributed by atoms with E-state index in [9.17, 15) is 4.79 Å². The topological polar surface area (TPSA) is 41.6 Å². The Morgan fingerprint density at radius 3 is 2.68 bits per heavy atom. The Balaban J connectivity index is 2.17. The van der Waals surface area contributed by atoms with Crippen LogP contribution in [0.25, 0.3) is 0 Å². The Bertz CT molecular complexity index is 407. The van der Waals surface area contributed by atoms with Gasteiger partial charge in [-0.05, 0) is 52.9 Å². The van der Waals surface area contributed by atoms with Crippen LogP contribution in [0, 0.1) is 0 Å². The summed E-state index contributed by atoms with van der Waals surface area (Å²) >= 11 is 0. The molecule has 1 aliphatic carbocycles. The molecule has 0 aliphatic heterocycles. The van der Waals surface area contributed by atoms with Gasteiger partial charge in [0.1, 0.15) is 5.76 Å². The van der Waals surface area contributed by atoms with Gasteiger partial charge in [0, 0.05) is 24.6 Å². The van der Waals surface area contributed by atoms with Crippen LogP contribution in [-0.4, -0.2) is 55.1 Å². The van der Waals surface area contributed by atoms with Gasteiger partial charge in [-0.2, -0.15) is 0 Å². The van der Waals surface area contributed by atoms with Gasteiger partial charge < -0.3 is 15.0 Å². The first-order valence-corrected chi connectivity index (χ1v) is 10.1. The molecular formula is C16H28N2O2S2. The molecule has 22 heavy (non-hydrogen) atoms. The van der Waals surface area contributed by atoms with E-state index >= 15 is 0 Å². The van der Waals surface area contributed by atoms with Crippen molar-refractivity contribution >= 4 is 27.5 Å². The van der Waals surface area contributed by atoms with Gasteiger partial charge in [-0.1, -0.05) is 27.7 Å². The maximum absolute atomic E-state index is 12.2. The van der Waals surface area contributed by atoms with Gasteiger partial charge in [0.15, 0.2) is 5.60 Å². The quantitative estimate of drug-likeness (QED) is 0.487. The average Bonchev–Trinajstić information content (AvgIpc) is 2.46. The lowest BCUT2D eigenvalue weighted by Gasteiger charge is -2.26. The van der Waals surface area contributed by atoms with Crippen molar-refractivity contribution < 1.29 is 9.53 Å². The number of ether oxygens (including phenoxy) is 1. The van der Waals surface area contributed by atoms with Gasteiger partial charge in [-0.25, -0.2) is 0 Å². The second kappa shape index (κ2) is 10.2. The van der Waals surface area contributed by atoms with Crippen LogP contribution >= 0.6 is 21.6 Å². The molecule has 0 bridgehead atoms. The number of hydrogen-bond donors (Lipinski definition) is 1. The number of allylic oxidation sites excluding steroid dienone is 3. The van der Waals surface area contributed by atoms with Crippen LogP contribution in [0.1, 0.15) is 26.7 Å². The molecule has 0 radical (unpaired) electrons. The summed E-state index contributed by atoms with van der Waals surface area (Å²) in [7, 11) is 7.79. The Kier molecular flexibility index (Phi) is 9.05. The lowest BCUT2D eigenvalue weighted by Crippen LogP contribution is -2.44. The number of carbonyl (C=O) groups excluding carboxylic acids is 1. The number of nitrogens with one attached hydrogen (secondary N) is 1. The first-order valence-electron chi connectivity index (χ1n) is 7.65. The van der Waals surface area contributed by atoms with Crippen molar-refractivity contribution in [2.75, 3.05) is 38.7 Å². The van der Waals surface area contributed by atoms with Crippen LogP contribution in [0.5, 0.6) is 0 Å². The molecule has 0 unspecified atom stereocenters. The molecule has 4 nitrogen and oxygen atoms in total. The smallest absolute Gasteiger partial charge is 0.263 e. The predicted molar refractivity (Wildman–Crippen MR) is 98.1 cm³/mol. The van der Waals surface area contributed by atoms with Crippen molar-refractivity contribution in [2.24, 2.45) is 0 Å². The Labute approximate surface area is 142 Å². The normalized spacial score (nSPS) is 14.9. The first-order chi connectivity index (χ1) is 10.4. The minimum absolute atomic E-state index is 0.0636. The van der Waals surface area contributed by atoms with E-state index in [-0.39, 0.29) is 5.91 Å². The Morgan fingerprint density at radius 1 is 1.32 bits per heavy atom. The average molecular weight is 345 g/mol. The molecule has 0 heterocycles. The van der Waals surface area contributed by atoms with Gasteiger partial charge >= 0.3 is 0 Å². The fourth-order valence-electron chi connectivity index (χ4n) is 1.76. The SMILES string of the molecule is CN(C)CCSSCCNC(=O)C(C)(C)OC1=CCCC=C1. The van der Waals surface area contributed by atoms with E-state index in [2.05, 4.69) is 30.4 Å². The summed E-state index contributed by atoms with van der Waals surface area (Å²) in [4.78, 5) is 14.4. The van der Waals surface area contributed by atoms with Crippen LogP contribution in [0.4, 0.5) is 0 Å². The van der Waals surface area contributed by atoms with Crippen LogP contribution in [0.15, 0.2) is 24.0 Å². The number of nitrogens with zero attached hydrogens (tertiary/aromatic N) is 1. The maximum Gasteiger partial charge on any atom is 0.263 e. The zero-order chi connectivity index (χ0) is 16.4. The van der Waals surface area contributed by atoms with E-state index in [1.165, 1.54) is 0 Å². The van der Waals surface area contributed by atoms with Crippen molar-refractivity contribution in [2.45, 2.75) is 32.3 Å². The summed E-state index contributed by atoms with van der Waals surface area (Å²) in [5, 5.41) is 2.95. The number of hydrogen-bond acceptors (Lipinski definition) is 5. The van der Waals surface area contributed by atoms with Crippen molar-refractivity contribution in [1.29, 1.82) is 0 Å². The van der Waals surface area contributed by atoms with Gasteiger partial charge in [-0.15, -0.1) is 0 Å². The van der Waals surface area contributed by atoms with Crippen molar-refractivity contribution in [3.8, 4) is 0 Å². The summed E-state index contributed by atoms with van der Waals surface area (Å²) < 4.78 is 5.81. The standard InChI is InChI=1S/C16H28N2O2S2/c1-16(2,20-14-8-6-5-7-9-14)15(19)17-10-12-21-22-13-11-18(3)4/h6,8-9H,5,7,10-13H2,1-4H3,(H,17,19). The molecule has 1 aliphatic rings. The summed E-state index contributed by atoms with van der Waals surface area (Å²) in [6.07, 6.45) is 8.07. The zero-order valence-electron chi connectivity index (χ0n) is 14.1. The highest BCUT2D eigenvalue weighted by Crippen LogP contribution is 2.21. The summed E-state index contributed by atoms with van der Waals surface area (Å²) in [5.41, 5.74) is -0.837. The van der Waals surface area contributed by atoms with E-state index in [0.717, 1.165) is 36.7 Å². The molecule has 0 atom stereocenters. The fraction of sp³-hybridized carbons (Fsp3) is 0.688. The molecule has 0 aromatic carbocycles. The molecule has 0 aromatic heterocycles. The number of rotatable bonds is 10. The monoisotopic (exact) mass is 344 g/mol. The maximum atomic E-state index is 12.2. The molecule has 6 heteroatoms. The van der Waals surface area contributed by atoms with E-state index in [1.54, 1.807) is 10.8 Å². The molecule has 1 amide bonds. The third-order valence-corrected chi connectivity index (χ3v) is 5.44. The molecule has 0 fully saturated rings. The molecule has 0 saturated heterocycles. The highest BCUT2D eigenvalue weighted by Gasteiger charge is 2.29. The van der Waals surface area contributed by atoms with Crippen LogP contribution in [0.2, 0.25) is 0 Å². The van der Waals surface area contributed by atoms with Crippen molar-refractivity contribution in [1.82, 2.24) is 10.2 Å². The molecule has 0 aromatic rings. The summed E-state index contributed by atoms with van der Waals surface area (Å²) in [6, 6.07) is 0. The molecular weight excluding hydrogens is 316 g/mol. The van der Waals surface area contributed by atoms with E-state index in [4.69, 9.17) is 4.74 Å². The number of amides is 1. The van der Waals surface area contributed by atoms with E-state index < -0.39 is 5.60 Å². The summed E-state index contributed by atoms with van der Waals surface area (Å²) in [6.45, 7) is 5.36. The van der Waals surface area contributed by atoms with E-state index in [1.807, 2.05) is 36.8 Å². The molecule has 0 spiro atoms. The highest BCUT2D eigenvalue weighted by molar-refractivity contribution is 8.76. The van der Waals surface area contributed by atoms with E-state index in [0.29, 0.717) is 6.54 Å². The van der Waals surface area contributed by atoms with Crippen LogP contribution in [0.3, 0.4) is 0 Å². The fourth-order valence-corrected chi connectivity index (χ4v) is 3.80. The van der Waals surface area contributed by atoms with Gasteiger partial charge in [0.2, 0.25) is 0 Å². The highest BCUT2D eigenvalue weighted by atomic mass is 33.1. The lowest BCUT2D eigenvalue weighted by atomic mass is 10.1. The molecule has 0 saturated carbocycles. The number of carbonyl (C=O) groups is 1. The second-order valence-electron chi connectivity index (χ2n) is 5.90. The van der Waals surface area contributed by atoms with Gasteiger partial charge in [0.25, 0.3) is 5.91 Å². The van der Waals surface area contributed by atoms with Crippen molar-refractivity contribution in [3.63, 3.8) is 0 Å². The minimum atomic E-state index is -0.837. The Hall–Kier alpha value is -0.590. The Morgan fingerprint density at radius 2 is 2.05 bits per heavy atom. The molecule has 126 valence electrons. The zero-order valence-corrected chi connectivity index (χ0v) is 15.7. The molecule has 1 rings (SSSR count). The third-order valence-electron chi connectivity index (χ3n) is 3.06. The minimum Gasteiger partial charge on any atom is -0.478 e. The summed E-state index contributed by atoms with van der Waals surface area (Å²) in [5.74, 6) is 2.73. The second-order valence-corrected chi connectivity index (χ2v) is 8.60. The third kappa shape index (κ3) is 8.15. The van der Waals surface area contributed by atoms with Gasteiger partial charge in [0.05, 0.1) is 0 Å². The van der Waals surface area contributed by atoms with Crippen LogP contribution < -0.4 is 5.32 Å². The molecule has 1 N–H and O–H groups in total. The predicted octanol–water partition coefficient (Wildman–Crippen LogP) is 3.07. The van der Waals surface area contributed by atoms with Crippen molar-refractivity contribution in [3.05, 3.63) is 24.0 Å².